The maximum atomic E-state index is 12.3. The van der Waals surface area contributed by atoms with Gasteiger partial charge in [-0.1, -0.05) is 18.2 Å². The fourth-order valence-corrected chi connectivity index (χ4v) is 2.31. The van der Waals surface area contributed by atoms with Crippen LogP contribution in [0, 0.1) is 0 Å². The topological polar surface area (TPSA) is 68.5 Å². The average molecular weight is 323 g/mol. The lowest BCUT2D eigenvalue weighted by atomic mass is 10.1. The lowest BCUT2D eigenvalue weighted by molar-refractivity contribution is 0.102. The SMILES string of the molecule is CC(C)Oc1ccc(NC(=O)c2cc3ccccc3oc2=O)cc1. The summed E-state index contributed by atoms with van der Waals surface area (Å²) in [6.45, 7) is 3.88. The zero-order chi connectivity index (χ0) is 17.1. The van der Waals surface area contributed by atoms with Crippen LogP contribution < -0.4 is 15.7 Å². The van der Waals surface area contributed by atoms with E-state index in [1.54, 1.807) is 42.5 Å². The van der Waals surface area contributed by atoms with Gasteiger partial charge in [0.25, 0.3) is 5.91 Å². The predicted molar refractivity (Wildman–Crippen MR) is 92.6 cm³/mol. The Kier molecular flexibility index (Phi) is 4.33. The first kappa shape index (κ1) is 15.8. The van der Waals surface area contributed by atoms with Gasteiger partial charge in [-0.25, -0.2) is 4.79 Å². The van der Waals surface area contributed by atoms with Crippen LogP contribution in [-0.4, -0.2) is 12.0 Å². The maximum absolute atomic E-state index is 12.3. The molecule has 0 spiro atoms. The molecule has 1 amide bonds. The number of para-hydroxylation sites is 1. The first-order valence-corrected chi connectivity index (χ1v) is 7.64. The molecule has 0 fully saturated rings. The highest BCUT2D eigenvalue weighted by Gasteiger charge is 2.14. The van der Waals surface area contributed by atoms with Crippen molar-refractivity contribution < 1.29 is 13.9 Å². The zero-order valence-electron chi connectivity index (χ0n) is 13.4. The number of fused-ring (bicyclic) bond motifs is 1. The van der Waals surface area contributed by atoms with Crippen LogP contribution in [0.15, 0.2) is 63.8 Å². The van der Waals surface area contributed by atoms with Crippen molar-refractivity contribution in [3.8, 4) is 5.75 Å². The Bertz CT molecular complexity index is 926. The third-order valence-electron chi connectivity index (χ3n) is 3.37. The van der Waals surface area contributed by atoms with Crippen LogP contribution in [0.2, 0.25) is 0 Å². The molecule has 0 unspecified atom stereocenters. The first-order chi connectivity index (χ1) is 11.5. The summed E-state index contributed by atoms with van der Waals surface area (Å²) in [7, 11) is 0. The molecule has 5 nitrogen and oxygen atoms in total. The normalized spacial score (nSPS) is 10.8. The number of nitrogens with one attached hydrogen (secondary N) is 1. The smallest absolute Gasteiger partial charge is 0.349 e. The average Bonchev–Trinajstić information content (AvgIpc) is 2.55. The van der Waals surface area contributed by atoms with Gasteiger partial charge in [0.05, 0.1) is 6.10 Å². The van der Waals surface area contributed by atoms with Gasteiger partial charge >= 0.3 is 5.63 Å². The molecular weight excluding hydrogens is 306 g/mol. The van der Waals surface area contributed by atoms with E-state index in [2.05, 4.69) is 5.32 Å². The number of hydrogen-bond donors (Lipinski definition) is 1. The minimum atomic E-state index is -0.661. The molecule has 0 bridgehead atoms. The molecule has 0 saturated heterocycles. The van der Waals surface area contributed by atoms with Crippen molar-refractivity contribution in [1.82, 2.24) is 0 Å². The molecular formula is C19H17NO4. The second-order valence-corrected chi connectivity index (χ2v) is 5.63. The molecule has 122 valence electrons. The molecule has 0 aliphatic heterocycles. The molecule has 2 aromatic carbocycles. The molecule has 1 N–H and O–H groups in total. The van der Waals surface area contributed by atoms with E-state index < -0.39 is 11.5 Å². The van der Waals surface area contributed by atoms with Gasteiger partial charge in [-0.05, 0) is 50.2 Å². The Hall–Kier alpha value is -3.08. The van der Waals surface area contributed by atoms with E-state index in [9.17, 15) is 9.59 Å². The second-order valence-electron chi connectivity index (χ2n) is 5.63. The highest BCUT2D eigenvalue weighted by Crippen LogP contribution is 2.18. The number of carbonyl (C=O) groups is 1. The van der Waals surface area contributed by atoms with E-state index in [1.807, 2.05) is 19.9 Å². The molecule has 24 heavy (non-hydrogen) atoms. The van der Waals surface area contributed by atoms with Crippen LogP contribution >= 0.6 is 0 Å². The van der Waals surface area contributed by atoms with Gasteiger partial charge in [0.1, 0.15) is 16.9 Å². The summed E-state index contributed by atoms with van der Waals surface area (Å²) in [6, 6.07) is 15.6. The molecule has 0 atom stereocenters. The Morgan fingerprint density at radius 2 is 1.79 bits per heavy atom. The fourth-order valence-electron chi connectivity index (χ4n) is 2.31. The highest BCUT2D eigenvalue weighted by molar-refractivity contribution is 6.05. The Morgan fingerprint density at radius 3 is 2.50 bits per heavy atom. The molecule has 0 radical (unpaired) electrons. The standard InChI is InChI=1S/C19H17NO4/c1-12(2)23-15-9-7-14(8-10-15)20-18(21)16-11-13-5-3-4-6-17(13)24-19(16)22/h3-12H,1-2H3,(H,20,21). The van der Waals surface area contributed by atoms with E-state index in [0.29, 0.717) is 22.4 Å². The van der Waals surface area contributed by atoms with Crippen LogP contribution in [0.3, 0.4) is 0 Å². The minimum Gasteiger partial charge on any atom is -0.491 e. The molecule has 0 aliphatic carbocycles. The number of carbonyl (C=O) groups excluding carboxylic acids is 1. The third kappa shape index (κ3) is 3.46. The van der Waals surface area contributed by atoms with Gasteiger partial charge in [-0.15, -0.1) is 0 Å². The van der Waals surface area contributed by atoms with Crippen molar-refractivity contribution in [2.75, 3.05) is 5.32 Å². The van der Waals surface area contributed by atoms with Crippen LogP contribution in [0.5, 0.6) is 5.75 Å². The Labute approximate surface area is 138 Å². The monoisotopic (exact) mass is 323 g/mol. The van der Waals surface area contributed by atoms with Crippen molar-refractivity contribution in [2.24, 2.45) is 0 Å². The Morgan fingerprint density at radius 1 is 1.08 bits per heavy atom. The quantitative estimate of drug-likeness (QED) is 0.741. The molecule has 1 aromatic heterocycles. The van der Waals surface area contributed by atoms with Gasteiger partial charge in [0.2, 0.25) is 0 Å². The summed E-state index contributed by atoms with van der Waals surface area (Å²) in [5, 5.41) is 3.39. The van der Waals surface area contributed by atoms with Crippen molar-refractivity contribution >= 4 is 22.6 Å². The van der Waals surface area contributed by atoms with E-state index >= 15 is 0 Å². The molecule has 0 saturated carbocycles. The zero-order valence-corrected chi connectivity index (χ0v) is 13.4. The molecule has 1 heterocycles. The number of ether oxygens (including phenoxy) is 1. The largest absolute Gasteiger partial charge is 0.491 e. The van der Waals surface area contributed by atoms with Gasteiger partial charge in [0.15, 0.2) is 0 Å². The minimum absolute atomic E-state index is 0.0313. The van der Waals surface area contributed by atoms with Crippen molar-refractivity contribution in [3.05, 3.63) is 70.6 Å². The number of benzene rings is 2. The van der Waals surface area contributed by atoms with Crippen LogP contribution in [-0.2, 0) is 0 Å². The summed E-state index contributed by atoms with van der Waals surface area (Å²) in [5.41, 5.74) is 0.333. The Balaban J connectivity index is 1.82. The van der Waals surface area contributed by atoms with Crippen molar-refractivity contribution in [2.45, 2.75) is 20.0 Å². The number of amides is 1. The summed E-state index contributed by atoms with van der Waals surface area (Å²) in [6.07, 6.45) is 0.0765. The van der Waals surface area contributed by atoms with Gasteiger partial charge < -0.3 is 14.5 Å². The fraction of sp³-hybridized carbons (Fsp3) is 0.158. The van der Waals surface area contributed by atoms with Crippen molar-refractivity contribution in [1.29, 1.82) is 0 Å². The molecule has 3 rings (SSSR count). The van der Waals surface area contributed by atoms with Gasteiger partial charge in [-0.3, -0.25) is 4.79 Å². The number of anilines is 1. The predicted octanol–water partition coefficient (Wildman–Crippen LogP) is 3.83. The summed E-state index contributed by atoms with van der Waals surface area (Å²) >= 11 is 0. The molecule has 0 aliphatic rings. The third-order valence-corrected chi connectivity index (χ3v) is 3.37. The van der Waals surface area contributed by atoms with Crippen molar-refractivity contribution in [3.63, 3.8) is 0 Å². The van der Waals surface area contributed by atoms with Crippen LogP contribution in [0.1, 0.15) is 24.2 Å². The van der Waals surface area contributed by atoms with Crippen LogP contribution in [0.4, 0.5) is 5.69 Å². The van der Waals surface area contributed by atoms with Gasteiger partial charge in [-0.2, -0.15) is 0 Å². The summed E-state index contributed by atoms with van der Waals surface area (Å²) < 4.78 is 10.7. The number of hydrogen-bond acceptors (Lipinski definition) is 4. The second kappa shape index (κ2) is 6.58. The highest BCUT2D eigenvalue weighted by atomic mass is 16.5. The maximum Gasteiger partial charge on any atom is 0.349 e. The van der Waals surface area contributed by atoms with Gasteiger partial charge in [0, 0.05) is 11.1 Å². The lowest BCUT2D eigenvalue weighted by Gasteiger charge is -2.10. The van der Waals surface area contributed by atoms with Crippen LogP contribution in [0.25, 0.3) is 11.0 Å². The first-order valence-electron chi connectivity index (χ1n) is 7.64. The van der Waals surface area contributed by atoms with E-state index in [1.165, 1.54) is 6.07 Å². The number of rotatable bonds is 4. The molecule has 3 aromatic rings. The lowest BCUT2D eigenvalue weighted by Crippen LogP contribution is -2.20. The van der Waals surface area contributed by atoms with E-state index in [-0.39, 0.29) is 11.7 Å². The summed E-state index contributed by atoms with van der Waals surface area (Å²) in [5.74, 6) is 0.209. The van der Waals surface area contributed by atoms with E-state index in [4.69, 9.17) is 9.15 Å². The van der Waals surface area contributed by atoms with E-state index in [0.717, 1.165) is 0 Å². The molecule has 5 heteroatoms. The summed E-state index contributed by atoms with van der Waals surface area (Å²) in [4.78, 5) is 24.3.